The fourth-order valence-electron chi connectivity index (χ4n) is 1.78. The molecule has 1 aromatic heterocycles. The Morgan fingerprint density at radius 3 is 2.94 bits per heavy atom. The molecule has 1 aromatic rings. The predicted octanol–water partition coefficient (Wildman–Crippen LogP) is 1.59. The molecule has 6 heteroatoms. The van der Waals surface area contributed by atoms with Crippen LogP contribution < -0.4 is 0 Å². The molecule has 1 fully saturated rings. The Balaban J connectivity index is 1.92. The maximum Gasteiger partial charge on any atom is 0.410 e. The highest BCUT2D eigenvalue weighted by Gasteiger charge is 2.32. The van der Waals surface area contributed by atoms with Gasteiger partial charge in [0, 0.05) is 13.1 Å². The van der Waals surface area contributed by atoms with E-state index in [1.807, 2.05) is 20.8 Å². The van der Waals surface area contributed by atoms with Gasteiger partial charge in [0.2, 0.25) is 5.89 Å². The first-order valence-corrected chi connectivity index (χ1v) is 5.63. The van der Waals surface area contributed by atoms with Crippen molar-refractivity contribution in [3.05, 3.63) is 12.3 Å². The Bertz CT molecular complexity index is 383. The minimum absolute atomic E-state index is 0.0984. The monoisotopic (exact) mass is 238 g/mol. The van der Waals surface area contributed by atoms with E-state index in [0.29, 0.717) is 19.0 Å². The SMILES string of the molecule is CC(C)(C)OC(=O)N1CCC(c2nn[c]o2)C1. The number of carbonyl (C=O) groups excluding carboxylic acids is 1. The highest BCUT2D eigenvalue weighted by atomic mass is 16.6. The summed E-state index contributed by atoms with van der Waals surface area (Å²) in [6, 6.07) is 0. The number of aromatic nitrogens is 2. The van der Waals surface area contributed by atoms with Crippen molar-refractivity contribution in [1.29, 1.82) is 0 Å². The highest BCUT2D eigenvalue weighted by molar-refractivity contribution is 5.68. The zero-order chi connectivity index (χ0) is 12.5. The summed E-state index contributed by atoms with van der Waals surface area (Å²) in [5, 5.41) is 7.34. The first-order valence-electron chi connectivity index (χ1n) is 5.63. The lowest BCUT2D eigenvalue weighted by molar-refractivity contribution is 0.0291. The van der Waals surface area contributed by atoms with Crippen LogP contribution in [0.5, 0.6) is 0 Å². The molecule has 1 aliphatic rings. The van der Waals surface area contributed by atoms with Crippen molar-refractivity contribution < 1.29 is 13.9 Å². The molecule has 1 atom stereocenters. The summed E-state index contributed by atoms with van der Waals surface area (Å²) in [5.74, 6) is 0.636. The van der Waals surface area contributed by atoms with E-state index in [-0.39, 0.29) is 12.0 Å². The largest absolute Gasteiger partial charge is 0.444 e. The zero-order valence-electron chi connectivity index (χ0n) is 10.3. The summed E-state index contributed by atoms with van der Waals surface area (Å²) in [5.41, 5.74) is -0.465. The van der Waals surface area contributed by atoms with Crippen LogP contribution in [0.4, 0.5) is 4.79 Å². The van der Waals surface area contributed by atoms with Crippen molar-refractivity contribution in [1.82, 2.24) is 15.1 Å². The molecule has 0 spiro atoms. The predicted molar refractivity (Wildman–Crippen MR) is 58.3 cm³/mol. The van der Waals surface area contributed by atoms with Crippen LogP contribution in [0.1, 0.15) is 39.0 Å². The Morgan fingerprint density at radius 2 is 2.35 bits per heavy atom. The number of nitrogens with zero attached hydrogens (tertiary/aromatic N) is 3. The number of amides is 1. The minimum atomic E-state index is -0.465. The molecule has 0 aliphatic carbocycles. The number of ether oxygens (including phenoxy) is 1. The summed E-state index contributed by atoms with van der Waals surface area (Å²) in [4.78, 5) is 13.5. The van der Waals surface area contributed by atoms with E-state index in [0.717, 1.165) is 6.42 Å². The molecule has 1 saturated heterocycles. The van der Waals surface area contributed by atoms with E-state index in [9.17, 15) is 4.79 Å². The average molecular weight is 238 g/mol. The first-order chi connectivity index (χ1) is 7.96. The molecule has 6 nitrogen and oxygen atoms in total. The quantitative estimate of drug-likeness (QED) is 0.743. The molecule has 0 saturated carbocycles. The van der Waals surface area contributed by atoms with Crippen LogP contribution in [0.25, 0.3) is 0 Å². The van der Waals surface area contributed by atoms with Gasteiger partial charge >= 0.3 is 12.5 Å². The van der Waals surface area contributed by atoms with Gasteiger partial charge < -0.3 is 14.1 Å². The molecule has 0 N–H and O–H groups in total. The Morgan fingerprint density at radius 1 is 1.59 bits per heavy atom. The molecule has 1 amide bonds. The lowest BCUT2D eigenvalue weighted by Gasteiger charge is -2.24. The fraction of sp³-hybridized carbons (Fsp3) is 0.727. The maximum atomic E-state index is 11.8. The molecule has 0 bridgehead atoms. The summed E-state index contributed by atoms with van der Waals surface area (Å²) >= 11 is 0. The Kier molecular flexibility index (Phi) is 3.04. The van der Waals surface area contributed by atoms with Crippen molar-refractivity contribution in [3.63, 3.8) is 0 Å². The third kappa shape index (κ3) is 2.95. The van der Waals surface area contributed by atoms with Crippen LogP contribution in [0, 0.1) is 6.39 Å². The second-order valence-electron chi connectivity index (χ2n) is 5.14. The van der Waals surface area contributed by atoms with Gasteiger partial charge in [0.1, 0.15) is 5.60 Å². The maximum absolute atomic E-state index is 11.8. The Hall–Kier alpha value is -1.59. The van der Waals surface area contributed by atoms with E-state index in [2.05, 4.69) is 16.6 Å². The van der Waals surface area contributed by atoms with Gasteiger partial charge in [-0.1, -0.05) is 0 Å². The smallest absolute Gasteiger partial charge is 0.410 e. The van der Waals surface area contributed by atoms with Gasteiger partial charge in [-0.15, -0.1) is 10.2 Å². The highest BCUT2D eigenvalue weighted by Crippen LogP contribution is 2.26. The summed E-state index contributed by atoms with van der Waals surface area (Å²) in [7, 11) is 0. The number of hydrogen-bond acceptors (Lipinski definition) is 5. The number of rotatable bonds is 1. The van der Waals surface area contributed by atoms with E-state index in [1.165, 1.54) is 0 Å². The van der Waals surface area contributed by atoms with Crippen LogP contribution in [0.15, 0.2) is 4.42 Å². The third-order valence-electron chi connectivity index (χ3n) is 2.53. The van der Waals surface area contributed by atoms with Crippen molar-refractivity contribution in [3.8, 4) is 0 Å². The second-order valence-corrected chi connectivity index (χ2v) is 5.14. The van der Waals surface area contributed by atoms with E-state index in [1.54, 1.807) is 4.90 Å². The topological polar surface area (TPSA) is 68.5 Å². The zero-order valence-corrected chi connectivity index (χ0v) is 10.3. The number of carbonyl (C=O) groups is 1. The summed E-state index contributed by atoms with van der Waals surface area (Å²) in [6.45, 7) is 6.77. The first kappa shape index (κ1) is 11.9. The van der Waals surface area contributed by atoms with Gasteiger partial charge in [0.15, 0.2) is 0 Å². The number of likely N-dealkylation sites (tertiary alicyclic amines) is 1. The lowest BCUT2D eigenvalue weighted by atomic mass is 10.1. The normalized spacial score (nSPS) is 20.6. The molecule has 1 unspecified atom stereocenters. The van der Waals surface area contributed by atoms with Gasteiger partial charge in [-0.05, 0) is 27.2 Å². The molecular formula is C11H16N3O3. The van der Waals surface area contributed by atoms with E-state index in [4.69, 9.17) is 9.15 Å². The molecule has 93 valence electrons. The minimum Gasteiger partial charge on any atom is -0.444 e. The van der Waals surface area contributed by atoms with Crippen molar-refractivity contribution >= 4 is 6.09 Å². The second kappa shape index (κ2) is 4.35. The average Bonchev–Trinajstić information content (AvgIpc) is 2.86. The molecule has 2 heterocycles. The van der Waals surface area contributed by atoms with Crippen molar-refractivity contribution in [2.75, 3.05) is 13.1 Å². The molecule has 17 heavy (non-hydrogen) atoms. The van der Waals surface area contributed by atoms with E-state index >= 15 is 0 Å². The van der Waals surface area contributed by atoms with Crippen molar-refractivity contribution in [2.24, 2.45) is 0 Å². The van der Waals surface area contributed by atoms with Crippen LogP contribution >= 0.6 is 0 Å². The molecule has 1 radical (unpaired) electrons. The van der Waals surface area contributed by atoms with Crippen LogP contribution in [0.2, 0.25) is 0 Å². The Labute approximate surface area is 99.9 Å². The fourth-order valence-corrected chi connectivity index (χ4v) is 1.78. The van der Waals surface area contributed by atoms with Gasteiger partial charge in [0.05, 0.1) is 5.92 Å². The summed E-state index contributed by atoms with van der Waals surface area (Å²) in [6.07, 6.45) is 2.84. The van der Waals surface area contributed by atoms with Gasteiger partial charge in [-0.25, -0.2) is 4.79 Å². The van der Waals surface area contributed by atoms with Gasteiger partial charge in [-0.3, -0.25) is 0 Å². The van der Waals surface area contributed by atoms with Crippen LogP contribution in [0.3, 0.4) is 0 Å². The standard InChI is InChI=1S/C11H16N3O3/c1-11(2,3)17-10(15)14-5-4-8(6-14)9-13-12-7-16-9/h8H,4-6H2,1-3H3. The molecular weight excluding hydrogens is 222 g/mol. The lowest BCUT2D eigenvalue weighted by Crippen LogP contribution is -2.35. The molecule has 2 rings (SSSR count). The van der Waals surface area contributed by atoms with Crippen LogP contribution in [-0.4, -0.2) is 39.9 Å². The van der Waals surface area contributed by atoms with E-state index < -0.39 is 5.60 Å². The van der Waals surface area contributed by atoms with Gasteiger partial charge in [-0.2, -0.15) is 0 Å². The number of hydrogen-bond donors (Lipinski definition) is 0. The molecule has 0 aromatic carbocycles. The third-order valence-corrected chi connectivity index (χ3v) is 2.53. The van der Waals surface area contributed by atoms with Crippen LogP contribution in [-0.2, 0) is 4.74 Å². The van der Waals surface area contributed by atoms with Crippen molar-refractivity contribution in [2.45, 2.75) is 38.7 Å². The van der Waals surface area contributed by atoms with Gasteiger partial charge in [0.25, 0.3) is 0 Å². The molecule has 1 aliphatic heterocycles. The summed E-state index contributed by atoms with van der Waals surface area (Å²) < 4.78 is 10.3.